The van der Waals surface area contributed by atoms with Gasteiger partial charge < -0.3 is 5.32 Å². The number of aromatic nitrogens is 5. The van der Waals surface area contributed by atoms with Gasteiger partial charge >= 0.3 is 0 Å². The summed E-state index contributed by atoms with van der Waals surface area (Å²) in [6.45, 7) is 6.35. The minimum Gasteiger partial charge on any atom is -0.368 e. The van der Waals surface area contributed by atoms with Gasteiger partial charge in [0, 0.05) is 38.1 Å². The Hall–Kier alpha value is -2.80. The summed E-state index contributed by atoms with van der Waals surface area (Å²) < 4.78 is 1.81. The van der Waals surface area contributed by atoms with Crippen molar-refractivity contribution in [1.29, 1.82) is 0 Å². The monoisotopic (exact) mass is 417 g/mol. The number of nitrogens with zero attached hydrogens (tertiary/aromatic N) is 6. The Morgan fingerprint density at radius 3 is 2.58 bits per heavy atom. The molecule has 1 spiro atoms. The van der Waals surface area contributed by atoms with Crippen LogP contribution >= 0.6 is 0 Å². The van der Waals surface area contributed by atoms with E-state index in [1.165, 1.54) is 44.5 Å². The third kappa shape index (κ3) is 4.46. The van der Waals surface area contributed by atoms with Crippen molar-refractivity contribution in [2.24, 2.45) is 18.4 Å². The zero-order valence-electron chi connectivity index (χ0n) is 18.5. The van der Waals surface area contributed by atoms with Gasteiger partial charge in [0.25, 0.3) is 0 Å². The topological polar surface area (TPSA) is 71.8 Å². The van der Waals surface area contributed by atoms with Crippen molar-refractivity contribution in [2.45, 2.75) is 39.2 Å². The van der Waals surface area contributed by atoms with E-state index in [1.807, 2.05) is 49.2 Å². The molecule has 1 N–H and O–H groups in total. The number of hydrogen-bond donors (Lipinski definition) is 1. The van der Waals surface area contributed by atoms with Gasteiger partial charge in [-0.15, -0.1) is 10.2 Å². The lowest BCUT2D eigenvalue weighted by atomic mass is 9.57. The van der Waals surface area contributed by atoms with E-state index in [0.717, 1.165) is 41.8 Å². The lowest BCUT2D eigenvalue weighted by Crippen LogP contribution is -2.48. The molecule has 4 heterocycles. The molecule has 0 amide bonds. The maximum absolute atomic E-state index is 4.47. The second-order valence-corrected chi connectivity index (χ2v) is 9.36. The number of aryl methyl sites for hydroxylation is 2. The summed E-state index contributed by atoms with van der Waals surface area (Å²) >= 11 is 0. The highest BCUT2D eigenvalue weighted by Gasteiger charge is 2.45. The summed E-state index contributed by atoms with van der Waals surface area (Å²) in [6.07, 6.45) is 9.17. The Morgan fingerprint density at radius 1 is 1.10 bits per heavy atom. The van der Waals surface area contributed by atoms with Crippen LogP contribution in [0.4, 0.5) is 5.82 Å². The van der Waals surface area contributed by atoms with Gasteiger partial charge in [-0.3, -0.25) is 14.6 Å². The molecule has 1 saturated carbocycles. The van der Waals surface area contributed by atoms with Crippen molar-refractivity contribution < 1.29 is 0 Å². The maximum atomic E-state index is 4.47. The SMILES string of the molecule is Cc1nn(C)cc1-c1ccc(NCC2CC3(CCN(Cc4ccccn4)CC3)C2)nn1. The van der Waals surface area contributed by atoms with Crippen LogP contribution in [0.2, 0.25) is 0 Å². The van der Waals surface area contributed by atoms with Crippen molar-refractivity contribution in [3.63, 3.8) is 0 Å². The fourth-order valence-electron chi connectivity index (χ4n) is 5.29. The molecule has 3 aromatic rings. The summed E-state index contributed by atoms with van der Waals surface area (Å²) in [5.74, 6) is 1.60. The van der Waals surface area contributed by atoms with Crippen molar-refractivity contribution in [3.05, 3.63) is 54.1 Å². The third-order valence-corrected chi connectivity index (χ3v) is 7.00. The van der Waals surface area contributed by atoms with Gasteiger partial charge in [-0.05, 0) is 81.3 Å². The molecule has 0 aromatic carbocycles. The number of nitrogens with one attached hydrogen (secondary N) is 1. The molecule has 162 valence electrons. The Bertz CT molecular complexity index is 996. The number of likely N-dealkylation sites (tertiary alicyclic amines) is 1. The van der Waals surface area contributed by atoms with E-state index in [0.29, 0.717) is 5.41 Å². The fourth-order valence-corrected chi connectivity index (χ4v) is 5.29. The van der Waals surface area contributed by atoms with E-state index in [4.69, 9.17) is 0 Å². The molecule has 3 aromatic heterocycles. The summed E-state index contributed by atoms with van der Waals surface area (Å²) in [4.78, 5) is 7.03. The van der Waals surface area contributed by atoms with Gasteiger partial charge in [0.1, 0.15) is 5.82 Å². The highest BCUT2D eigenvalue weighted by molar-refractivity contribution is 5.61. The van der Waals surface area contributed by atoms with Gasteiger partial charge in [-0.1, -0.05) is 6.07 Å². The quantitative estimate of drug-likeness (QED) is 0.660. The Kier molecular flexibility index (Phi) is 5.44. The van der Waals surface area contributed by atoms with E-state index < -0.39 is 0 Å². The predicted octanol–water partition coefficient (Wildman–Crippen LogP) is 3.68. The maximum Gasteiger partial charge on any atom is 0.148 e. The summed E-state index contributed by atoms with van der Waals surface area (Å²) in [7, 11) is 1.93. The van der Waals surface area contributed by atoms with Crippen molar-refractivity contribution in [2.75, 3.05) is 25.0 Å². The molecular weight excluding hydrogens is 386 g/mol. The smallest absolute Gasteiger partial charge is 0.148 e. The van der Waals surface area contributed by atoms with Crippen LogP contribution in [0.25, 0.3) is 11.3 Å². The lowest BCUT2D eigenvalue weighted by Gasteiger charge is -2.52. The molecule has 0 atom stereocenters. The van der Waals surface area contributed by atoms with Crippen LogP contribution in [0.5, 0.6) is 0 Å². The van der Waals surface area contributed by atoms with Gasteiger partial charge in [-0.2, -0.15) is 5.10 Å². The van der Waals surface area contributed by atoms with Crippen LogP contribution in [0, 0.1) is 18.3 Å². The molecule has 1 aliphatic heterocycles. The number of piperidine rings is 1. The molecule has 2 fully saturated rings. The van der Waals surface area contributed by atoms with E-state index in [-0.39, 0.29) is 0 Å². The Labute approximate surface area is 183 Å². The second kappa shape index (κ2) is 8.38. The summed E-state index contributed by atoms with van der Waals surface area (Å²) in [5.41, 5.74) is 4.64. The first-order chi connectivity index (χ1) is 15.1. The average molecular weight is 418 g/mol. The zero-order chi connectivity index (χ0) is 21.3. The molecule has 2 aliphatic rings. The zero-order valence-corrected chi connectivity index (χ0v) is 18.5. The van der Waals surface area contributed by atoms with E-state index >= 15 is 0 Å². The fraction of sp³-hybridized carbons (Fsp3) is 0.500. The number of pyridine rings is 1. The second-order valence-electron chi connectivity index (χ2n) is 9.36. The van der Waals surface area contributed by atoms with Crippen LogP contribution in [0.15, 0.2) is 42.7 Å². The first kappa shape index (κ1) is 20.1. The Balaban J connectivity index is 1.07. The molecule has 31 heavy (non-hydrogen) atoms. The third-order valence-electron chi connectivity index (χ3n) is 7.00. The van der Waals surface area contributed by atoms with Crippen molar-refractivity contribution >= 4 is 5.82 Å². The number of hydrogen-bond acceptors (Lipinski definition) is 6. The molecule has 5 rings (SSSR count). The summed E-state index contributed by atoms with van der Waals surface area (Å²) in [5, 5.41) is 16.7. The first-order valence-electron chi connectivity index (χ1n) is 11.3. The van der Waals surface area contributed by atoms with Crippen LogP contribution in [-0.4, -0.2) is 49.5 Å². The molecular formula is C24H31N7. The lowest BCUT2D eigenvalue weighted by molar-refractivity contribution is -0.0103. The van der Waals surface area contributed by atoms with E-state index in [9.17, 15) is 0 Å². The average Bonchev–Trinajstić information content (AvgIpc) is 3.11. The first-order valence-corrected chi connectivity index (χ1v) is 11.3. The van der Waals surface area contributed by atoms with E-state index in [1.54, 1.807) is 0 Å². The van der Waals surface area contributed by atoms with Crippen LogP contribution in [0.1, 0.15) is 37.1 Å². The number of anilines is 1. The molecule has 1 saturated heterocycles. The van der Waals surface area contributed by atoms with Crippen molar-refractivity contribution in [3.8, 4) is 11.3 Å². The molecule has 0 bridgehead atoms. The largest absolute Gasteiger partial charge is 0.368 e. The molecule has 0 unspecified atom stereocenters. The molecule has 7 nitrogen and oxygen atoms in total. The van der Waals surface area contributed by atoms with Crippen molar-refractivity contribution in [1.82, 2.24) is 29.9 Å². The van der Waals surface area contributed by atoms with Gasteiger partial charge in [-0.25, -0.2) is 0 Å². The highest BCUT2D eigenvalue weighted by atomic mass is 15.3. The van der Waals surface area contributed by atoms with Crippen LogP contribution in [-0.2, 0) is 13.6 Å². The standard InChI is InChI=1S/C24H31N7/c1-18-21(17-30(2)29-18)22-6-7-23(28-27-22)26-15-19-13-24(14-19)8-11-31(12-9-24)16-20-5-3-4-10-25-20/h3-7,10,17,19H,8-9,11-16H2,1-2H3,(H,26,28). The normalized spacial score (nSPS) is 18.8. The van der Waals surface area contributed by atoms with Crippen LogP contribution < -0.4 is 5.32 Å². The number of rotatable bonds is 6. The molecule has 0 radical (unpaired) electrons. The molecule has 1 aliphatic carbocycles. The van der Waals surface area contributed by atoms with Gasteiger partial charge in [0.2, 0.25) is 0 Å². The highest BCUT2D eigenvalue weighted by Crippen LogP contribution is 2.52. The van der Waals surface area contributed by atoms with Crippen LogP contribution in [0.3, 0.4) is 0 Å². The minimum absolute atomic E-state index is 0.570. The predicted molar refractivity (Wildman–Crippen MR) is 121 cm³/mol. The molecule has 7 heteroatoms. The van der Waals surface area contributed by atoms with Gasteiger partial charge in [0.15, 0.2) is 0 Å². The van der Waals surface area contributed by atoms with Gasteiger partial charge in [0.05, 0.1) is 17.1 Å². The van der Waals surface area contributed by atoms with E-state index in [2.05, 4.69) is 42.6 Å². The Morgan fingerprint density at radius 2 is 1.94 bits per heavy atom. The minimum atomic E-state index is 0.570. The summed E-state index contributed by atoms with van der Waals surface area (Å²) in [6, 6.07) is 10.2.